The van der Waals surface area contributed by atoms with Gasteiger partial charge in [-0.3, -0.25) is 14.4 Å². The second-order valence-corrected chi connectivity index (χ2v) is 5.50. The van der Waals surface area contributed by atoms with Gasteiger partial charge in [0.2, 0.25) is 10.0 Å². The minimum absolute atomic E-state index is 0.0546. The first-order chi connectivity index (χ1) is 7.52. The van der Waals surface area contributed by atoms with Crippen molar-refractivity contribution < 1.29 is 13.3 Å². The molecule has 1 aromatic carbocycles. The lowest BCUT2D eigenvalue weighted by molar-refractivity contribution is -0.384. The number of nitro groups is 1. The largest absolute Gasteiger partial charge is 0.293 e. The van der Waals surface area contributed by atoms with Gasteiger partial charge in [0.25, 0.3) is 5.69 Å². The number of para-hydroxylation sites is 2. The van der Waals surface area contributed by atoms with Crippen LogP contribution >= 0.6 is 0 Å². The van der Waals surface area contributed by atoms with Crippen LogP contribution in [0.15, 0.2) is 24.3 Å². The van der Waals surface area contributed by atoms with E-state index < -0.39 is 14.9 Å². The molecule has 6 nitrogen and oxygen atoms in total. The Balaban J connectivity index is 2.52. The lowest BCUT2D eigenvalue weighted by atomic mass is 10.2. The van der Waals surface area contributed by atoms with Gasteiger partial charge in [0.15, 0.2) is 0 Å². The monoisotopic (exact) mass is 242 g/mol. The molecule has 1 aliphatic rings. The van der Waals surface area contributed by atoms with Gasteiger partial charge in [0.05, 0.1) is 10.7 Å². The molecule has 0 aliphatic carbocycles. The van der Waals surface area contributed by atoms with Gasteiger partial charge in [-0.05, 0) is 12.5 Å². The van der Waals surface area contributed by atoms with Gasteiger partial charge in [0, 0.05) is 12.6 Å². The van der Waals surface area contributed by atoms with E-state index in [4.69, 9.17) is 0 Å². The van der Waals surface area contributed by atoms with Crippen LogP contribution in [0.1, 0.15) is 6.42 Å². The standard InChI is InChI=1S/C9H10N2O4S/c12-11(13)9-5-2-1-4-8(9)10-6-3-7-16(10,14)15/h1-2,4-5H,3,6-7H2. The number of rotatable bonds is 2. The minimum atomic E-state index is -3.37. The molecule has 0 amide bonds. The normalized spacial score (nSPS) is 18.6. The van der Waals surface area contributed by atoms with E-state index in [9.17, 15) is 18.5 Å². The molecule has 1 heterocycles. The van der Waals surface area contributed by atoms with Crippen molar-refractivity contribution in [2.45, 2.75) is 6.42 Å². The smallest absolute Gasteiger partial charge is 0.263 e. The Morgan fingerprint density at radius 3 is 2.56 bits per heavy atom. The molecule has 1 aliphatic heterocycles. The van der Waals surface area contributed by atoms with Crippen LogP contribution in [0.2, 0.25) is 0 Å². The SMILES string of the molecule is O=[N+]([O-])c1ccccc1N1CCCS1(=O)=O. The number of benzene rings is 1. The fourth-order valence-electron chi connectivity index (χ4n) is 1.74. The van der Waals surface area contributed by atoms with Crippen LogP contribution in [0, 0.1) is 10.1 Å². The summed E-state index contributed by atoms with van der Waals surface area (Å²) in [5, 5.41) is 10.8. The Bertz CT molecular complexity index is 526. The Hall–Kier alpha value is -1.63. The molecule has 1 aromatic rings. The van der Waals surface area contributed by atoms with E-state index in [2.05, 4.69) is 0 Å². The molecule has 0 saturated carbocycles. The van der Waals surface area contributed by atoms with Gasteiger partial charge in [-0.15, -0.1) is 0 Å². The van der Waals surface area contributed by atoms with E-state index in [1.807, 2.05) is 0 Å². The number of nitrogens with zero attached hydrogens (tertiary/aromatic N) is 2. The molecule has 0 N–H and O–H groups in total. The van der Waals surface area contributed by atoms with Crippen LogP contribution in [0.5, 0.6) is 0 Å². The summed E-state index contributed by atoms with van der Waals surface area (Å²) in [5.41, 5.74) is -0.0158. The zero-order valence-corrected chi connectivity index (χ0v) is 9.18. The van der Waals surface area contributed by atoms with Crippen LogP contribution < -0.4 is 4.31 Å². The maximum atomic E-state index is 11.6. The summed E-state index contributed by atoms with van der Waals surface area (Å²) < 4.78 is 24.4. The van der Waals surface area contributed by atoms with E-state index in [1.165, 1.54) is 18.2 Å². The fourth-order valence-corrected chi connectivity index (χ4v) is 3.32. The van der Waals surface area contributed by atoms with Crippen LogP contribution in [0.25, 0.3) is 0 Å². The van der Waals surface area contributed by atoms with Crippen molar-refractivity contribution in [3.63, 3.8) is 0 Å². The van der Waals surface area contributed by atoms with E-state index in [0.717, 1.165) is 4.31 Å². The number of hydrogen-bond acceptors (Lipinski definition) is 4. The maximum absolute atomic E-state index is 11.6. The van der Waals surface area contributed by atoms with Crippen molar-refractivity contribution >= 4 is 21.4 Å². The van der Waals surface area contributed by atoms with E-state index in [0.29, 0.717) is 13.0 Å². The van der Waals surface area contributed by atoms with Crippen molar-refractivity contribution in [1.82, 2.24) is 0 Å². The molecular formula is C9H10N2O4S. The average Bonchev–Trinajstić information content (AvgIpc) is 2.58. The molecule has 1 fully saturated rings. The molecule has 0 radical (unpaired) electrons. The molecule has 1 saturated heterocycles. The zero-order chi connectivity index (χ0) is 11.8. The molecule has 16 heavy (non-hydrogen) atoms. The lowest BCUT2D eigenvalue weighted by Crippen LogP contribution is -2.25. The molecule has 2 rings (SSSR count). The molecule has 86 valence electrons. The topological polar surface area (TPSA) is 80.5 Å². The molecule has 0 spiro atoms. The second kappa shape index (κ2) is 3.75. The minimum Gasteiger partial charge on any atom is -0.263 e. The van der Waals surface area contributed by atoms with Crippen LogP contribution in [0.3, 0.4) is 0 Å². The third kappa shape index (κ3) is 1.73. The predicted octanol–water partition coefficient (Wildman–Crippen LogP) is 1.13. The van der Waals surface area contributed by atoms with E-state index in [-0.39, 0.29) is 17.1 Å². The summed E-state index contributed by atoms with van der Waals surface area (Å²) in [7, 11) is -3.37. The summed E-state index contributed by atoms with van der Waals surface area (Å²) in [6.07, 6.45) is 0.508. The van der Waals surface area contributed by atoms with Gasteiger partial charge < -0.3 is 0 Å². The zero-order valence-electron chi connectivity index (χ0n) is 8.37. The predicted molar refractivity (Wildman–Crippen MR) is 58.8 cm³/mol. The third-order valence-corrected chi connectivity index (χ3v) is 4.30. The third-order valence-electron chi connectivity index (χ3n) is 2.45. The van der Waals surface area contributed by atoms with Crippen LogP contribution in [0.4, 0.5) is 11.4 Å². The van der Waals surface area contributed by atoms with Gasteiger partial charge in [0.1, 0.15) is 5.69 Å². The van der Waals surface area contributed by atoms with E-state index >= 15 is 0 Å². The van der Waals surface area contributed by atoms with E-state index in [1.54, 1.807) is 6.07 Å². The summed E-state index contributed by atoms with van der Waals surface area (Å²) >= 11 is 0. The number of nitro benzene ring substituents is 1. The quantitative estimate of drug-likeness (QED) is 0.575. The number of sulfonamides is 1. The first-order valence-corrected chi connectivity index (χ1v) is 6.37. The fraction of sp³-hybridized carbons (Fsp3) is 0.333. The van der Waals surface area contributed by atoms with Crippen LogP contribution in [-0.2, 0) is 10.0 Å². The lowest BCUT2D eigenvalue weighted by Gasteiger charge is -2.16. The average molecular weight is 242 g/mol. The molecule has 0 bridgehead atoms. The highest BCUT2D eigenvalue weighted by Crippen LogP contribution is 2.32. The van der Waals surface area contributed by atoms with Gasteiger partial charge >= 0.3 is 0 Å². The highest BCUT2D eigenvalue weighted by atomic mass is 32.2. The van der Waals surface area contributed by atoms with Crippen molar-refractivity contribution in [2.24, 2.45) is 0 Å². The summed E-state index contributed by atoms with van der Waals surface area (Å²) in [6, 6.07) is 5.88. The highest BCUT2D eigenvalue weighted by Gasteiger charge is 2.32. The summed E-state index contributed by atoms with van der Waals surface area (Å²) in [5.74, 6) is 0.0546. The first kappa shape index (κ1) is 10.9. The Morgan fingerprint density at radius 1 is 1.31 bits per heavy atom. The molecule has 7 heteroatoms. The Kier molecular flexibility index (Phi) is 2.55. The van der Waals surface area contributed by atoms with Crippen molar-refractivity contribution in [2.75, 3.05) is 16.6 Å². The second-order valence-electron chi connectivity index (χ2n) is 3.49. The number of anilines is 1. The van der Waals surface area contributed by atoms with Crippen molar-refractivity contribution in [3.8, 4) is 0 Å². The van der Waals surface area contributed by atoms with Crippen LogP contribution in [-0.4, -0.2) is 25.6 Å². The molecular weight excluding hydrogens is 232 g/mol. The van der Waals surface area contributed by atoms with Crippen molar-refractivity contribution in [3.05, 3.63) is 34.4 Å². The molecule has 0 aromatic heterocycles. The summed E-state index contributed by atoms with van der Waals surface area (Å²) in [4.78, 5) is 10.2. The number of hydrogen-bond donors (Lipinski definition) is 0. The Labute approximate surface area is 92.7 Å². The van der Waals surface area contributed by atoms with Gasteiger partial charge in [-0.25, -0.2) is 8.42 Å². The highest BCUT2D eigenvalue weighted by molar-refractivity contribution is 7.93. The van der Waals surface area contributed by atoms with Gasteiger partial charge in [-0.2, -0.15) is 0 Å². The molecule has 0 atom stereocenters. The maximum Gasteiger partial charge on any atom is 0.293 e. The molecule has 0 unspecified atom stereocenters. The summed E-state index contributed by atoms with van der Waals surface area (Å²) in [6.45, 7) is 0.313. The first-order valence-electron chi connectivity index (χ1n) is 4.76. The van der Waals surface area contributed by atoms with Gasteiger partial charge in [-0.1, -0.05) is 12.1 Å². The Morgan fingerprint density at radius 2 is 2.00 bits per heavy atom. The van der Waals surface area contributed by atoms with Crippen molar-refractivity contribution in [1.29, 1.82) is 0 Å².